The van der Waals surface area contributed by atoms with E-state index in [1.54, 1.807) is 12.4 Å². The van der Waals surface area contributed by atoms with Crippen LogP contribution in [0.1, 0.15) is 40.8 Å². The highest BCUT2D eigenvalue weighted by molar-refractivity contribution is 7.09. The summed E-state index contributed by atoms with van der Waals surface area (Å²) < 4.78 is 1.94. The molecule has 1 atom stereocenters. The van der Waals surface area contributed by atoms with Crippen LogP contribution in [-0.2, 0) is 6.42 Å². The second kappa shape index (κ2) is 7.74. The van der Waals surface area contributed by atoms with Crippen molar-refractivity contribution in [1.82, 2.24) is 24.6 Å². The Balaban J connectivity index is 1.35. The molecule has 1 saturated heterocycles. The maximum atomic E-state index is 11.8. The normalized spacial score (nSPS) is 19.1. The van der Waals surface area contributed by atoms with Gasteiger partial charge in [-0.25, -0.2) is 9.50 Å². The summed E-state index contributed by atoms with van der Waals surface area (Å²) in [5.74, 6) is 0.930. The summed E-state index contributed by atoms with van der Waals surface area (Å²) in [6, 6.07) is 3.90. The fourth-order valence-electron chi connectivity index (χ4n) is 5.69. The van der Waals surface area contributed by atoms with Crippen LogP contribution < -0.4 is 9.77 Å². The average molecular weight is 494 g/mol. The highest BCUT2D eigenvalue weighted by atomic mass is 35.5. The van der Waals surface area contributed by atoms with Gasteiger partial charge in [0.25, 0.3) is 0 Å². The van der Waals surface area contributed by atoms with Gasteiger partial charge in [0.2, 0.25) is 0 Å². The molecule has 0 amide bonds. The molecule has 0 aromatic carbocycles. The van der Waals surface area contributed by atoms with Crippen LogP contribution in [0.5, 0.6) is 0 Å². The SMILES string of the molecule is C=N[C@@H]1c2sc(=O)[nH]c2CC12CCN(c1nc(C)c(-c3ccnc(C)c3Cl)n3nccc13)CC2. The van der Waals surface area contributed by atoms with Gasteiger partial charge in [-0.3, -0.25) is 14.8 Å². The first kappa shape index (κ1) is 21.5. The number of aryl methyl sites for hydroxylation is 2. The molecule has 0 bridgehead atoms. The van der Waals surface area contributed by atoms with Crippen molar-refractivity contribution in [2.24, 2.45) is 10.4 Å². The highest BCUT2D eigenvalue weighted by Gasteiger charge is 2.49. The predicted octanol–water partition coefficient (Wildman–Crippen LogP) is 4.40. The van der Waals surface area contributed by atoms with E-state index in [2.05, 4.69) is 31.7 Å². The number of anilines is 1. The van der Waals surface area contributed by atoms with Crippen LogP contribution in [0.3, 0.4) is 0 Å². The molecule has 1 aliphatic carbocycles. The first-order valence-corrected chi connectivity index (χ1v) is 12.5. The molecule has 8 nitrogen and oxygen atoms in total. The number of aromatic amines is 1. The second-order valence-corrected chi connectivity index (χ2v) is 10.6. The molecule has 34 heavy (non-hydrogen) atoms. The molecule has 1 fully saturated rings. The lowest BCUT2D eigenvalue weighted by Crippen LogP contribution is -2.42. The van der Waals surface area contributed by atoms with Gasteiger partial charge in [-0.15, -0.1) is 0 Å². The Labute approximate surface area is 205 Å². The summed E-state index contributed by atoms with van der Waals surface area (Å²) >= 11 is 7.90. The molecule has 1 N–H and O–H groups in total. The molecule has 10 heteroatoms. The largest absolute Gasteiger partial charge is 0.355 e. The van der Waals surface area contributed by atoms with E-state index < -0.39 is 0 Å². The molecule has 1 aliphatic heterocycles. The van der Waals surface area contributed by atoms with Crippen LogP contribution in [-0.4, -0.2) is 44.4 Å². The lowest BCUT2D eigenvalue weighted by atomic mass is 9.73. The lowest BCUT2D eigenvalue weighted by molar-refractivity contribution is 0.189. The Morgan fingerprint density at radius 1 is 1.24 bits per heavy atom. The maximum absolute atomic E-state index is 11.8. The summed E-state index contributed by atoms with van der Waals surface area (Å²) in [6.45, 7) is 9.47. The van der Waals surface area contributed by atoms with E-state index in [-0.39, 0.29) is 16.3 Å². The molecule has 1 spiro atoms. The van der Waals surface area contributed by atoms with Crippen LogP contribution in [0.15, 0.2) is 34.3 Å². The van der Waals surface area contributed by atoms with Crippen molar-refractivity contribution in [3.8, 4) is 11.3 Å². The minimum atomic E-state index is -0.0160. The number of aliphatic imine (C=N–C) groups is 1. The molecule has 174 valence electrons. The van der Waals surface area contributed by atoms with Gasteiger partial charge in [-0.1, -0.05) is 22.9 Å². The summed E-state index contributed by atoms with van der Waals surface area (Å²) in [6.07, 6.45) is 6.34. The smallest absolute Gasteiger partial charge is 0.305 e. The average Bonchev–Trinajstić information content (AvgIpc) is 3.49. The van der Waals surface area contributed by atoms with Crippen molar-refractivity contribution in [2.45, 2.75) is 39.2 Å². The third kappa shape index (κ3) is 3.06. The zero-order chi connectivity index (χ0) is 23.6. The van der Waals surface area contributed by atoms with E-state index in [1.165, 1.54) is 11.3 Å². The van der Waals surface area contributed by atoms with Gasteiger partial charge >= 0.3 is 4.87 Å². The molecule has 0 saturated carbocycles. The minimum Gasteiger partial charge on any atom is -0.355 e. The summed E-state index contributed by atoms with van der Waals surface area (Å²) in [5.41, 5.74) is 5.41. The van der Waals surface area contributed by atoms with E-state index in [9.17, 15) is 4.79 Å². The molecular weight excluding hydrogens is 470 g/mol. The van der Waals surface area contributed by atoms with Crippen LogP contribution in [0.4, 0.5) is 5.82 Å². The zero-order valence-corrected chi connectivity index (χ0v) is 20.6. The van der Waals surface area contributed by atoms with Crippen LogP contribution >= 0.6 is 22.9 Å². The molecule has 5 heterocycles. The topological polar surface area (TPSA) is 91.5 Å². The van der Waals surface area contributed by atoms with Gasteiger partial charge in [0, 0.05) is 36.0 Å². The number of aromatic nitrogens is 5. The zero-order valence-electron chi connectivity index (χ0n) is 19.0. The van der Waals surface area contributed by atoms with E-state index >= 15 is 0 Å². The molecule has 2 aliphatic rings. The molecule has 0 radical (unpaired) electrons. The monoisotopic (exact) mass is 493 g/mol. The van der Waals surface area contributed by atoms with Crippen molar-refractivity contribution >= 4 is 41.0 Å². The van der Waals surface area contributed by atoms with Crippen LogP contribution in [0, 0.1) is 19.3 Å². The molecule has 6 rings (SSSR count). The number of hydrogen-bond donors (Lipinski definition) is 1. The number of fused-ring (bicyclic) bond motifs is 2. The summed E-state index contributed by atoms with van der Waals surface area (Å²) in [5, 5.41) is 5.24. The van der Waals surface area contributed by atoms with Crippen molar-refractivity contribution in [3.05, 3.63) is 61.2 Å². The third-order valence-corrected chi connectivity index (χ3v) is 8.82. The number of rotatable bonds is 3. The maximum Gasteiger partial charge on any atom is 0.305 e. The van der Waals surface area contributed by atoms with Crippen molar-refractivity contribution in [3.63, 3.8) is 0 Å². The van der Waals surface area contributed by atoms with Crippen LogP contribution in [0.2, 0.25) is 5.02 Å². The van der Waals surface area contributed by atoms with Gasteiger partial charge in [0.15, 0.2) is 5.82 Å². The van der Waals surface area contributed by atoms with E-state index in [0.717, 1.165) is 76.9 Å². The predicted molar refractivity (Wildman–Crippen MR) is 136 cm³/mol. The molecule has 4 aromatic heterocycles. The molecule has 4 aromatic rings. The van der Waals surface area contributed by atoms with Gasteiger partial charge in [0.05, 0.1) is 39.2 Å². The van der Waals surface area contributed by atoms with E-state index in [4.69, 9.17) is 16.6 Å². The Kier molecular flexibility index (Phi) is 4.90. The summed E-state index contributed by atoms with van der Waals surface area (Å²) in [4.78, 5) is 32.1. The number of H-pyrrole nitrogens is 1. The highest BCUT2D eigenvalue weighted by Crippen LogP contribution is 2.54. The Morgan fingerprint density at radius 2 is 2.03 bits per heavy atom. The number of nitrogens with zero attached hydrogens (tertiary/aromatic N) is 6. The lowest BCUT2D eigenvalue weighted by Gasteiger charge is -2.42. The Bertz CT molecular complexity index is 1490. The fraction of sp³-hybridized carbons (Fsp3) is 0.375. The van der Waals surface area contributed by atoms with Gasteiger partial charge in [-0.05, 0) is 52.0 Å². The molecule has 0 unspecified atom stereocenters. The summed E-state index contributed by atoms with van der Waals surface area (Å²) in [7, 11) is 0. The third-order valence-electron chi connectivity index (χ3n) is 7.37. The number of thiazole rings is 1. The Morgan fingerprint density at radius 3 is 2.79 bits per heavy atom. The quantitative estimate of drug-likeness (QED) is 0.427. The number of hydrogen-bond acceptors (Lipinski definition) is 7. The second-order valence-electron chi connectivity index (χ2n) is 9.22. The number of piperidine rings is 1. The van der Waals surface area contributed by atoms with E-state index in [0.29, 0.717) is 5.02 Å². The number of pyridine rings is 1. The number of nitrogens with one attached hydrogen (secondary N) is 1. The van der Waals surface area contributed by atoms with Gasteiger partial charge < -0.3 is 9.88 Å². The first-order chi connectivity index (χ1) is 16.4. The standard InChI is InChI=1S/C24H24ClN7OS/c1-13-18(25)15(4-8-27-13)19-14(2)29-22(17-5-9-28-32(17)19)31-10-6-24(7-11-31)12-16-20(21(24)26-3)34-23(33)30-16/h4-5,8-9,21H,3,6-7,10-12H2,1-2H3,(H,30,33)/t21-/m1/s1. The minimum absolute atomic E-state index is 0.00156. The number of halogens is 1. The van der Waals surface area contributed by atoms with Gasteiger partial charge in [0.1, 0.15) is 5.52 Å². The van der Waals surface area contributed by atoms with Crippen molar-refractivity contribution in [1.29, 1.82) is 0 Å². The van der Waals surface area contributed by atoms with E-state index in [1.807, 2.05) is 30.5 Å². The van der Waals surface area contributed by atoms with Gasteiger partial charge in [-0.2, -0.15) is 5.10 Å². The van der Waals surface area contributed by atoms with Crippen molar-refractivity contribution in [2.75, 3.05) is 18.0 Å². The van der Waals surface area contributed by atoms with Crippen molar-refractivity contribution < 1.29 is 0 Å². The first-order valence-electron chi connectivity index (χ1n) is 11.3. The van der Waals surface area contributed by atoms with Crippen LogP contribution in [0.25, 0.3) is 16.8 Å². The Hall–Kier alpha value is -3.04. The molecular formula is C24H24ClN7OS. The fourth-order valence-corrected chi connectivity index (χ4v) is 6.95.